The summed E-state index contributed by atoms with van der Waals surface area (Å²) in [6.45, 7) is 5.49. The van der Waals surface area contributed by atoms with Gasteiger partial charge in [-0.15, -0.1) is 0 Å². The maximum Gasteiger partial charge on any atom is 0.407 e. The van der Waals surface area contributed by atoms with Crippen LogP contribution in [0.4, 0.5) is 4.79 Å². The highest BCUT2D eigenvalue weighted by molar-refractivity contribution is 5.64. The Morgan fingerprint density at radius 2 is 1.50 bits per heavy atom. The molecular weight excluding hydrogens is 210 g/mol. The number of aliphatic hydroxyl groups is 1. The summed E-state index contributed by atoms with van der Waals surface area (Å²) < 4.78 is 0. The zero-order valence-electron chi connectivity index (χ0n) is 9.48. The maximum atomic E-state index is 10.3. The number of rotatable bonds is 0. The first-order chi connectivity index (χ1) is 7.70. The summed E-state index contributed by atoms with van der Waals surface area (Å²) in [5.74, 6) is 0. The summed E-state index contributed by atoms with van der Waals surface area (Å²) in [5.41, 5.74) is 0. The lowest BCUT2D eigenvalue weighted by atomic mass is 10.1. The molecule has 0 radical (unpaired) electrons. The molecule has 0 aromatic carbocycles. The van der Waals surface area contributed by atoms with Gasteiger partial charge < -0.3 is 25.7 Å². The van der Waals surface area contributed by atoms with Gasteiger partial charge in [0, 0.05) is 39.3 Å². The number of amides is 1. The van der Waals surface area contributed by atoms with Crippen LogP contribution in [0.1, 0.15) is 12.8 Å². The van der Waals surface area contributed by atoms with Gasteiger partial charge in [0.05, 0.1) is 6.10 Å². The molecule has 2 aliphatic rings. The van der Waals surface area contributed by atoms with Gasteiger partial charge >= 0.3 is 6.09 Å². The third-order valence-corrected chi connectivity index (χ3v) is 2.69. The molecule has 2 aliphatic heterocycles. The van der Waals surface area contributed by atoms with Crippen LogP contribution in [-0.2, 0) is 0 Å². The van der Waals surface area contributed by atoms with Gasteiger partial charge in [-0.05, 0) is 12.8 Å². The zero-order valence-corrected chi connectivity index (χ0v) is 9.48. The molecular formula is C10H21N3O3. The van der Waals surface area contributed by atoms with Gasteiger partial charge in [-0.1, -0.05) is 0 Å². The second-order valence-electron chi connectivity index (χ2n) is 4.00. The summed E-state index contributed by atoms with van der Waals surface area (Å²) in [4.78, 5) is 11.6. The maximum absolute atomic E-state index is 10.3. The molecule has 0 aromatic heterocycles. The molecule has 2 heterocycles. The minimum atomic E-state index is -0.883. The number of likely N-dealkylation sites (tertiary alicyclic amines) is 1. The first-order valence-corrected chi connectivity index (χ1v) is 5.77. The lowest BCUT2D eigenvalue weighted by Crippen LogP contribution is -2.39. The van der Waals surface area contributed by atoms with E-state index >= 15 is 0 Å². The van der Waals surface area contributed by atoms with Crippen LogP contribution in [0.15, 0.2) is 0 Å². The van der Waals surface area contributed by atoms with Crippen LogP contribution in [0.3, 0.4) is 0 Å². The normalized spacial score (nSPS) is 22.2. The molecule has 4 N–H and O–H groups in total. The van der Waals surface area contributed by atoms with E-state index in [1.165, 1.54) is 4.90 Å². The van der Waals surface area contributed by atoms with Gasteiger partial charge in [0.2, 0.25) is 0 Å². The Kier molecular flexibility index (Phi) is 6.14. The number of hydrogen-bond donors (Lipinski definition) is 4. The molecule has 2 fully saturated rings. The number of nitrogens with one attached hydrogen (secondary N) is 2. The van der Waals surface area contributed by atoms with E-state index in [9.17, 15) is 4.79 Å². The molecule has 2 rings (SSSR count). The molecule has 6 heteroatoms. The van der Waals surface area contributed by atoms with Crippen molar-refractivity contribution in [3.8, 4) is 0 Å². The van der Waals surface area contributed by atoms with Crippen molar-refractivity contribution in [3.63, 3.8) is 0 Å². The summed E-state index contributed by atoms with van der Waals surface area (Å²) in [6.07, 6.45) is -0.0269. The Morgan fingerprint density at radius 3 is 1.81 bits per heavy atom. The average Bonchev–Trinajstić information content (AvgIpc) is 2.32. The predicted molar refractivity (Wildman–Crippen MR) is 60.6 cm³/mol. The summed E-state index contributed by atoms with van der Waals surface area (Å²) >= 11 is 0. The minimum Gasteiger partial charge on any atom is -0.465 e. The van der Waals surface area contributed by atoms with Gasteiger partial charge in [0.1, 0.15) is 0 Å². The fourth-order valence-corrected chi connectivity index (χ4v) is 1.66. The van der Waals surface area contributed by atoms with Crippen molar-refractivity contribution < 1.29 is 15.0 Å². The fourth-order valence-electron chi connectivity index (χ4n) is 1.66. The number of carboxylic acid groups (broad SMARTS) is 1. The monoisotopic (exact) mass is 231 g/mol. The van der Waals surface area contributed by atoms with E-state index in [4.69, 9.17) is 10.2 Å². The number of aliphatic hydroxyl groups excluding tert-OH is 1. The average molecular weight is 231 g/mol. The highest BCUT2D eigenvalue weighted by Gasteiger charge is 2.19. The molecule has 1 amide bonds. The number of piperidine rings is 1. The van der Waals surface area contributed by atoms with E-state index in [2.05, 4.69) is 10.6 Å². The van der Waals surface area contributed by atoms with Crippen molar-refractivity contribution in [2.75, 3.05) is 39.3 Å². The van der Waals surface area contributed by atoms with Gasteiger partial charge in [-0.2, -0.15) is 0 Å². The molecule has 16 heavy (non-hydrogen) atoms. The Balaban J connectivity index is 0.000000181. The largest absolute Gasteiger partial charge is 0.465 e. The van der Waals surface area contributed by atoms with Crippen molar-refractivity contribution in [2.24, 2.45) is 0 Å². The molecule has 2 saturated heterocycles. The van der Waals surface area contributed by atoms with Crippen molar-refractivity contribution in [1.29, 1.82) is 0 Å². The summed E-state index contributed by atoms with van der Waals surface area (Å²) in [7, 11) is 0. The summed E-state index contributed by atoms with van der Waals surface area (Å²) in [5, 5.41) is 23.9. The molecule has 0 atom stereocenters. The van der Waals surface area contributed by atoms with Gasteiger partial charge in [-0.3, -0.25) is 0 Å². The Morgan fingerprint density at radius 1 is 1.06 bits per heavy atom. The molecule has 0 aromatic rings. The smallest absolute Gasteiger partial charge is 0.407 e. The van der Waals surface area contributed by atoms with Crippen LogP contribution in [-0.4, -0.2) is 66.6 Å². The van der Waals surface area contributed by atoms with E-state index in [0.717, 1.165) is 26.2 Å². The van der Waals surface area contributed by atoms with Gasteiger partial charge in [0.15, 0.2) is 0 Å². The van der Waals surface area contributed by atoms with Crippen LogP contribution in [0, 0.1) is 0 Å². The fraction of sp³-hybridized carbons (Fsp3) is 0.900. The molecule has 94 valence electrons. The molecule has 0 aliphatic carbocycles. The third kappa shape index (κ3) is 5.29. The Labute approximate surface area is 95.6 Å². The first kappa shape index (κ1) is 13.2. The number of nitrogens with zero attached hydrogens (tertiary/aromatic N) is 1. The zero-order chi connectivity index (χ0) is 11.8. The van der Waals surface area contributed by atoms with E-state index in [-0.39, 0.29) is 6.10 Å². The Bertz CT molecular complexity index is 190. The van der Waals surface area contributed by atoms with E-state index in [1.54, 1.807) is 0 Å². The molecule has 0 unspecified atom stereocenters. The van der Waals surface area contributed by atoms with Crippen molar-refractivity contribution in [2.45, 2.75) is 18.9 Å². The van der Waals surface area contributed by atoms with Gasteiger partial charge in [-0.25, -0.2) is 4.79 Å². The van der Waals surface area contributed by atoms with E-state index in [1.807, 2.05) is 0 Å². The molecule has 0 saturated carbocycles. The van der Waals surface area contributed by atoms with Crippen molar-refractivity contribution >= 4 is 6.09 Å². The minimum absolute atomic E-state index is 0.296. The van der Waals surface area contributed by atoms with Gasteiger partial charge in [0.25, 0.3) is 0 Å². The second-order valence-corrected chi connectivity index (χ2v) is 4.00. The van der Waals surface area contributed by atoms with Crippen molar-refractivity contribution in [3.05, 3.63) is 0 Å². The predicted octanol–water partition coefficient (Wildman–Crippen LogP) is -0.700. The lowest BCUT2D eigenvalue weighted by molar-refractivity contribution is 0.0769. The third-order valence-electron chi connectivity index (χ3n) is 2.69. The standard InChI is InChI=1S/C6H11NO3.C4H10N2/c8-5-1-3-7(4-2-5)6(9)10;1-2-6-4-3-5-1/h5,8H,1-4H2,(H,9,10);5-6H,1-4H2. The van der Waals surface area contributed by atoms with Crippen molar-refractivity contribution in [1.82, 2.24) is 15.5 Å². The highest BCUT2D eigenvalue weighted by Crippen LogP contribution is 2.09. The molecule has 6 nitrogen and oxygen atoms in total. The van der Waals surface area contributed by atoms with Crippen LogP contribution in [0.2, 0.25) is 0 Å². The number of hydrogen-bond acceptors (Lipinski definition) is 4. The van der Waals surface area contributed by atoms with Crippen LogP contribution in [0.25, 0.3) is 0 Å². The first-order valence-electron chi connectivity index (χ1n) is 5.77. The topological polar surface area (TPSA) is 84.8 Å². The Hall–Kier alpha value is -0.850. The number of piperazine rings is 1. The molecule has 0 bridgehead atoms. The highest BCUT2D eigenvalue weighted by atomic mass is 16.4. The lowest BCUT2D eigenvalue weighted by Gasteiger charge is -2.26. The van der Waals surface area contributed by atoms with Crippen LogP contribution >= 0.6 is 0 Å². The quantitative estimate of drug-likeness (QED) is 0.443. The molecule has 0 spiro atoms. The number of carbonyl (C=O) groups is 1. The SMILES string of the molecule is C1CNCCN1.O=C(O)N1CCC(O)CC1. The summed E-state index contributed by atoms with van der Waals surface area (Å²) in [6, 6.07) is 0. The van der Waals surface area contributed by atoms with E-state index < -0.39 is 6.09 Å². The van der Waals surface area contributed by atoms with E-state index in [0.29, 0.717) is 25.9 Å². The van der Waals surface area contributed by atoms with Crippen LogP contribution in [0.5, 0.6) is 0 Å². The van der Waals surface area contributed by atoms with Crippen LogP contribution < -0.4 is 10.6 Å². The second kappa shape index (κ2) is 7.43.